The second-order valence-corrected chi connectivity index (χ2v) is 7.05. The largest absolute Gasteiger partial charge is 0.366 e. The number of carbonyl (C=O) groups excluding carboxylic acids is 1. The van der Waals surface area contributed by atoms with Crippen LogP contribution >= 0.6 is 0 Å². The molecule has 1 saturated carbocycles. The van der Waals surface area contributed by atoms with Gasteiger partial charge in [-0.2, -0.15) is 0 Å². The van der Waals surface area contributed by atoms with E-state index in [1.54, 1.807) is 0 Å². The fourth-order valence-corrected chi connectivity index (χ4v) is 3.98. The Morgan fingerprint density at radius 2 is 1.76 bits per heavy atom. The highest BCUT2D eigenvalue weighted by Crippen LogP contribution is 2.35. The first kappa shape index (κ1) is 16.0. The number of aromatic nitrogens is 2. The van der Waals surface area contributed by atoms with Gasteiger partial charge in [-0.05, 0) is 62.0 Å². The highest BCUT2D eigenvalue weighted by atomic mass is 16.1. The predicted octanol–water partition coefficient (Wildman–Crippen LogP) is 2.51. The lowest BCUT2D eigenvalue weighted by Crippen LogP contribution is -2.21. The van der Waals surface area contributed by atoms with E-state index in [1.165, 1.54) is 19.8 Å². The Morgan fingerprint density at radius 3 is 2.36 bits per heavy atom. The molecular weight excluding hydrogens is 314 g/mol. The number of anilines is 2. The highest BCUT2D eigenvalue weighted by molar-refractivity contribution is 5.88. The average Bonchev–Trinajstić information content (AvgIpc) is 3.17. The Hall–Kier alpha value is -2.47. The van der Waals surface area contributed by atoms with Gasteiger partial charge in [0.2, 0.25) is 5.91 Å². The maximum absolute atomic E-state index is 11.1. The van der Waals surface area contributed by atoms with E-state index in [9.17, 15) is 4.79 Å². The molecule has 0 spiro atoms. The van der Waals surface area contributed by atoms with Crippen molar-refractivity contribution in [3.63, 3.8) is 0 Å². The van der Waals surface area contributed by atoms with Crippen molar-refractivity contribution in [2.45, 2.75) is 25.8 Å². The average molecular weight is 337 g/mol. The van der Waals surface area contributed by atoms with Gasteiger partial charge in [0.05, 0.1) is 5.69 Å². The lowest BCUT2D eigenvalue weighted by Gasteiger charge is -2.14. The van der Waals surface area contributed by atoms with Gasteiger partial charge in [-0.25, -0.2) is 0 Å². The second-order valence-electron chi connectivity index (χ2n) is 7.05. The third kappa shape index (κ3) is 3.64. The summed E-state index contributed by atoms with van der Waals surface area (Å²) in [4.78, 5) is 11.1. The van der Waals surface area contributed by atoms with Crippen LogP contribution in [0.2, 0.25) is 0 Å². The summed E-state index contributed by atoms with van der Waals surface area (Å²) in [6.45, 7) is 3.81. The standard InChI is InChI=1S/C19H23N5O/c1-12(25)21-16-4-2-13(3-5-16)18-6-7-19(24-23-18)22-17-8-14-10-20-11-15(14)9-17/h2-7,14-15,17,20H,8-11H2,1H3,(H,21,25)(H,22,24)/t14-,15?,17?/m1/s1. The molecule has 0 bridgehead atoms. The van der Waals surface area contributed by atoms with Gasteiger partial charge in [0, 0.05) is 24.2 Å². The molecule has 1 saturated heterocycles. The Labute approximate surface area is 147 Å². The molecule has 6 heteroatoms. The molecule has 1 amide bonds. The molecule has 2 aliphatic rings. The molecule has 3 N–H and O–H groups in total. The van der Waals surface area contributed by atoms with Gasteiger partial charge in [-0.3, -0.25) is 4.79 Å². The first-order valence-electron chi connectivity index (χ1n) is 8.86. The van der Waals surface area contributed by atoms with Crippen LogP contribution in [0.5, 0.6) is 0 Å². The number of hydrogen-bond donors (Lipinski definition) is 3. The van der Waals surface area contributed by atoms with Crippen LogP contribution in [-0.2, 0) is 4.79 Å². The topological polar surface area (TPSA) is 78.9 Å². The first-order chi connectivity index (χ1) is 12.2. The van der Waals surface area contributed by atoms with Crippen molar-refractivity contribution in [3.05, 3.63) is 36.4 Å². The number of fused-ring (bicyclic) bond motifs is 1. The molecule has 130 valence electrons. The summed E-state index contributed by atoms with van der Waals surface area (Å²) in [5, 5.41) is 18.4. The van der Waals surface area contributed by atoms with E-state index in [1.807, 2.05) is 36.4 Å². The van der Waals surface area contributed by atoms with Gasteiger partial charge in [0.1, 0.15) is 5.82 Å². The van der Waals surface area contributed by atoms with Crippen LogP contribution in [0.4, 0.5) is 11.5 Å². The van der Waals surface area contributed by atoms with E-state index in [2.05, 4.69) is 26.1 Å². The van der Waals surface area contributed by atoms with E-state index >= 15 is 0 Å². The van der Waals surface area contributed by atoms with Crippen LogP contribution in [0.1, 0.15) is 19.8 Å². The molecule has 4 rings (SSSR count). The zero-order chi connectivity index (χ0) is 17.2. The zero-order valence-electron chi connectivity index (χ0n) is 14.3. The molecular formula is C19H23N5O. The van der Waals surface area contributed by atoms with E-state index in [-0.39, 0.29) is 5.91 Å². The monoisotopic (exact) mass is 337 g/mol. The van der Waals surface area contributed by atoms with Crippen LogP contribution in [0.15, 0.2) is 36.4 Å². The molecule has 6 nitrogen and oxygen atoms in total. The fourth-order valence-electron chi connectivity index (χ4n) is 3.98. The highest BCUT2D eigenvalue weighted by Gasteiger charge is 2.37. The van der Waals surface area contributed by atoms with Crippen LogP contribution in [-0.4, -0.2) is 35.2 Å². The fraction of sp³-hybridized carbons (Fsp3) is 0.421. The van der Waals surface area contributed by atoms with Crippen molar-refractivity contribution in [1.29, 1.82) is 0 Å². The van der Waals surface area contributed by atoms with Gasteiger partial charge in [-0.15, -0.1) is 10.2 Å². The van der Waals surface area contributed by atoms with E-state index in [0.29, 0.717) is 6.04 Å². The summed E-state index contributed by atoms with van der Waals surface area (Å²) in [5.74, 6) is 2.39. The smallest absolute Gasteiger partial charge is 0.221 e. The Kier molecular flexibility index (Phi) is 4.36. The number of nitrogens with zero attached hydrogens (tertiary/aromatic N) is 2. The maximum Gasteiger partial charge on any atom is 0.221 e. The third-order valence-corrected chi connectivity index (χ3v) is 5.17. The predicted molar refractivity (Wildman–Crippen MR) is 98.3 cm³/mol. The van der Waals surface area contributed by atoms with E-state index in [0.717, 1.165) is 47.7 Å². The van der Waals surface area contributed by atoms with Gasteiger partial charge in [0.25, 0.3) is 0 Å². The van der Waals surface area contributed by atoms with Crippen molar-refractivity contribution < 1.29 is 4.79 Å². The number of carbonyl (C=O) groups is 1. The summed E-state index contributed by atoms with van der Waals surface area (Å²) in [7, 11) is 0. The summed E-state index contributed by atoms with van der Waals surface area (Å²) in [5.41, 5.74) is 2.59. The molecule has 2 unspecified atom stereocenters. The molecule has 1 aliphatic heterocycles. The summed E-state index contributed by atoms with van der Waals surface area (Å²) in [6, 6.07) is 12.1. The number of nitrogens with one attached hydrogen (secondary N) is 3. The van der Waals surface area contributed by atoms with Gasteiger partial charge in [-0.1, -0.05) is 12.1 Å². The van der Waals surface area contributed by atoms with Crippen LogP contribution in [0.3, 0.4) is 0 Å². The lowest BCUT2D eigenvalue weighted by atomic mass is 10.0. The molecule has 2 aromatic rings. The lowest BCUT2D eigenvalue weighted by molar-refractivity contribution is -0.114. The summed E-state index contributed by atoms with van der Waals surface area (Å²) < 4.78 is 0. The zero-order valence-corrected chi connectivity index (χ0v) is 14.3. The molecule has 3 atom stereocenters. The van der Waals surface area contributed by atoms with Crippen molar-refractivity contribution in [2.24, 2.45) is 11.8 Å². The van der Waals surface area contributed by atoms with E-state index in [4.69, 9.17) is 0 Å². The number of benzene rings is 1. The summed E-state index contributed by atoms with van der Waals surface area (Å²) >= 11 is 0. The first-order valence-corrected chi connectivity index (χ1v) is 8.86. The van der Waals surface area contributed by atoms with Crippen LogP contribution in [0, 0.1) is 11.8 Å². The SMILES string of the molecule is CC(=O)Nc1ccc(-c2ccc(NC3CC4CNC[C@H]4C3)nn2)cc1. The summed E-state index contributed by atoms with van der Waals surface area (Å²) in [6.07, 6.45) is 2.43. The molecule has 1 aromatic heterocycles. The normalized spacial score (nSPS) is 24.8. The van der Waals surface area contributed by atoms with Crippen molar-refractivity contribution in [2.75, 3.05) is 23.7 Å². The number of rotatable bonds is 4. The number of hydrogen-bond acceptors (Lipinski definition) is 5. The van der Waals surface area contributed by atoms with Crippen molar-refractivity contribution in [1.82, 2.24) is 15.5 Å². The van der Waals surface area contributed by atoms with Crippen molar-refractivity contribution in [3.8, 4) is 11.3 Å². The molecule has 0 radical (unpaired) electrons. The van der Waals surface area contributed by atoms with Gasteiger partial charge >= 0.3 is 0 Å². The van der Waals surface area contributed by atoms with Gasteiger partial charge in [0.15, 0.2) is 0 Å². The molecule has 25 heavy (non-hydrogen) atoms. The Balaban J connectivity index is 1.39. The van der Waals surface area contributed by atoms with Gasteiger partial charge < -0.3 is 16.0 Å². The van der Waals surface area contributed by atoms with Crippen LogP contribution in [0.25, 0.3) is 11.3 Å². The minimum atomic E-state index is -0.0743. The van der Waals surface area contributed by atoms with E-state index < -0.39 is 0 Å². The minimum Gasteiger partial charge on any atom is -0.366 e. The molecule has 2 fully saturated rings. The maximum atomic E-state index is 11.1. The Morgan fingerprint density at radius 1 is 1.04 bits per heavy atom. The van der Waals surface area contributed by atoms with Crippen LogP contribution < -0.4 is 16.0 Å². The Bertz CT molecular complexity index is 731. The second kappa shape index (κ2) is 6.80. The molecule has 1 aliphatic carbocycles. The number of amides is 1. The quantitative estimate of drug-likeness (QED) is 0.799. The minimum absolute atomic E-state index is 0.0743. The molecule has 2 heterocycles. The van der Waals surface area contributed by atoms with Crippen molar-refractivity contribution >= 4 is 17.4 Å². The third-order valence-electron chi connectivity index (χ3n) is 5.17. The molecule has 1 aromatic carbocycles.